The van der Waals surface area contributed by atoms with Gasteiger partial charge in [0.15, 0.2) is 0 Å². The number of nitrogens with zero attached hydrogens (tertiary/aromatic N) is 1. The van der Waals surface area contributed by atoms with Crippen LogP contribution in [0.2, 0.25) is 0 Å². The van der Waals surface area contributed by atoms with Gasteiger partial charge in [-0.05, 0) is 59.5 Å². The molecule has 1 heterocycles. The van der Waals surface area contributed by atoms with Crippen LogP contribution in [0, 0.1) is 5.82 Å². The van der Waals surface area contributed by atoms with E-state index in [1.54, 1.807) is 24.3 Å². The van der Waals surface area contributed by atoms with Crippen molar-refractivity contribution in [1.29, 1.82) is 0 Å². The van der Waals surface area contributed by atoms with Crippen molar-refractivity contribution in [3.05, 3.63) is 100 Å². The molecule has 0 saturated heterocycles. The highest BCUT2D eigenvalue weighted by Gasteiger charge is 2.40. The van der Waals surface area contributed by atoms with Crippen molar-refractivity contribution in [2.45, 2.75) is 31.2 Å². The summed E-state index contributed by atoms with van der Waals surface area (Å²) in [5.74, 6) is -1.85. The van der Waals surface area contributed by atoms with Crippen molar-refractivity contribution < 1.29 is 35.5 Å². The topological polar surface area (TPSA) is 20.3 Å². The van der Waals surface area contributed by atoms with Gasteiger partial charge >= 0.3 is 12.4 Å². The predicted molar refractivity (Wildman–Crippen MR) is 107 cm³/mol. The van der Waals surface area contributed by atoms with Crippen LogP contribution in [0.15, 0.2) is 66.7 Å². The van der Waals surface area contributed by atoms with Crippen LogP contribution in [0.3, 0.4) is 0 Å². The first kappa shape index (κ1) is 22.8. The number of carbonyl (C=O) groups is 1. The van der Waals surface area contributed by atoms with Crippen molar-refractivity contribution in [2.24, 2.45) is 0 Å². The minimum atomic E-state index is -4.97. The van der Waals surface area contributed by atoms with E-state index in [0.29, 0.717) is 28.9 Å². The van der Waals surface area contributed by atoms with Crippen LogP contribution in [-0.2, 0) is 30.1 Å². The number of fused-ring (bicyclic) bond motifs is 1. The number of hydrogen-bond donors (Lipinski definition) is 0. The highest BCUT2D eigenvalue weighted by atomic mass is 19.4. The number of rotatable bonds is 4. The molecule has 0 N–H and O–H groups in total. The van der Waals surface area contributed by atoms with Gasteiger partial charge in [-0.1, -0.05) is 30.3 Å². The number of carbonyl (C=O) groups excluding carboxylic acids is 1. The molecule has 172 valence electrons. The van der Waals surface area contributed by atoms with Gasteiger partial charge in [0.2, 0.25) is 5.91 Å². The van der Waals surface area contributed by atoms with E-state index in [4.69, 9.17) is 0 Å². The van der Waals surface area contributed by atoms with E-state index >= 15 is 0 Å². The van der Waals surface area contributed by atoms with Crippen molar-refractivity contribution >= 4 is 11.6 Å². The van der Waals surface area contributed by atoms with Crippen LogP contribution >= 0.6 is 0 Å². The molecule has 2 nitrogen and oxygen atoms in total. The Morgan fingerprint density at radius 1 is 0.758 bits per heavy atom. The molecule has 1 amide bonds. The van der Waals surface area contributed by atoms with Gasteiger partial charge in [0.1, 0.15) is 5.82 Å². The molecule has 0 spiro atoms. The highest BCUT2D eigenvalue weighted by molar-refractivity contribution is 6.05. The minimum absolute atomic E-state index is 0.0642. The molecule has 0 saturated carbocycles. The largest absolute Gasteiger partial charge is 0.416 e. The fraction of sp³-hybridized carbons (Fsp3) is 0.208. The summed E-state index contributed by atoms with van der Waals surface area (Å²) in [7, 11) is 0. The smallest absolute Gasteiger partial charge is 0.307 e. The van der Waals surface area contributed by atoms with Gasteiger partial charge in [0.05, 0.1) is 23.6 Å². The number of para-hydroxylation sites is 1. The molecule has 0 fully saturated rings. The van der Waals surface area contributed by atoms with E-state index < -0.39 is 41.1 Å². The summed E-state index contributed by atoms with van der Waals surface area (Å²) in [4.78, 5) is 14.6. The Balaban J connectivity index is 1.70. The minimum Gasteiger partial charge on any atom is -0.307 e. The Labute approximate surface area is 184 Å². The molecular formula is C24H16F7NO. The lowest BCUT2D eigenvalue weighted by Crippen LogP contribution is -2.29. The first-order chi connectivity index (χ1) is 15.4. The zero-order valence-electron chi connectivity index (χ0n) is 16.8. The fourth-order valence-electron chi connectivity index (χ4n) is 3.97. The standard InChI is InChI=1S/C24H16F7NO/c25-18-7-5-14(6-8-18)13-32-21-4-2-1-3-19(21)20(22(32)33)11-15-9-16(23(26,27)28)12-17(10-15)24(29,30)31/h1-10,12,20H,11,13H2. The van der Waals surface area contributed by atoms with Crippen molar-refractivity contribution in [2.75, 3.05) is 4.90 Å². The molecule has 0 aliphatic carbocycles. The molecule has 4 rings (SSSR count). The third-order valence-electron chi connectivity index (χ3n) is 5.51. The molecular weight excluding hydrogens is 451 g/mol. The van der Waals surface area contributed by atoms with E-state index in [2.05, 4.69) is 0 Å². The third kappa shape index (κ3) is 4.72. The van der Waals surface area contributed by atoms with Gasteiger partial charge < -0.3 is 4.90 Å². The van der Waals surface area contributed by atoms with Crippen molar-refractivity contribution in [3.8, 4) is 0 Å². The number of anilines is 1. The summed E-state index contributed by atoms with van der Waals surface area (Å²) in [5.41, 5.74) is -1.44. The average molecular weight is 467 g/mol. The molecule has 0 bridgehead atoms. The molecule has 3 aromatic rings. The number of alkyl halides is 6. The van der Waals surface area contributed by atoms with Gasteiger partial charge in [-0.15, -0.1) is 0 Å². The molecule has 3 aromatic carbocycles. The van der Waals surface area contributed by atoms with Crippen LogP contribution < -0.4 is 4.90 Å². The lowest BCUT2D eigenvalue weighted by Gasteiger charge is -2.19. The van der Waals surface area contributed by atoms with E-state index in [0.717, 1.165) is 0 Å². The first-order valence-electron chi connectivity index (χ1n) is 9.86. The number of benzene rings is 3. The van der Waals surface area contributed by atoms with E-state index in [9.17, 15) is 35.5 Å². The monoisotopic (exact) mass is 467 g/mol. The summed E-state index contributed by atoms with van der Waals surface area (Å²) in [6.45, 7) is 0.0863. The SMILES string of the molecule is O=C1C(Cc2cc(C(F)(F)F)cc(C(F)(F)F)c2)c2ccccc2N1Cc1ccc(F)cc1. The van der Waals surface area contributed by atoms with Crippen LogP contribution in [0.5, 0.6) is 0 Å². The summed E-state index contributed by atoms with van der Waals surface area (Å²) < 4.78 is 92.6. The summed E-state index contributed by atoms with van der Waals surface area (Å²) in [6, 6.07) is 13.4. The molecule has 1 aliphatic heterocycles. The highest BCUT2D eigenvalue weighted by Crippen LogP contribution is 2.42. The second kappa shape index (κ2) is 8.20. The van der Waals surface area contributed by atoms with Crippen LogP contribution in [0.25, 0.3) is 0 Å². The Bertz CT molecular complexity index is 1150. The van der Waals surface area contributed by atoms with Crippen LogP contribution in [0.4, 0.5) is 36.4 Å². The molecule has 1 atom stereocenters. The van der Waals surface area contributed by atoms with E-state index in [1.165, 1.54) is 29.2 Å². The van der Waals surface area contributed by atoms with Crippen molar-refractivity contribution in [1.82, 2.24) is 0 Å². The van der Waals surface area contributed by atoms with Gasteiger partial charge in [0, 0.05) is 5.69 Å². The molecule has 1 aliphatic rings. The summed E-state index contributed by atoms with van der Waals surface area (Å²) in [6.07, 6.45) is -10.3. The quantitative estimate of drug-likeness (QED) is 0.390. The summed E-state index contributed by atoms with van der Waals surface area (Å²) in [5, 5.41) is 0. The van der Waals surface area contributed by atoms with Gasteiger partial charge in [-0.25, -0.2) is 4.39 Å². The van der Waals surface area contributed by atoms with Gasteiger partial charge in [0.25, 0.3) is 0 Å². The predicted octanol–water partition coefficient (Wildman–Crippen LogP) is 6.74. The normalized spacial score (nSPS) is 16.3. The van der Waals surface area contributed by atoms with Crippen LogP contribution in [0.1, 0.15) is 33.7 Å². The Morgan fingerprint density at radius 3 is 1.91 bits per heavy atom. The third-order valence-corrected chi connectivity index (χ3v) is 5.51. The molecule has 33 heavy (non-hydrogen) atoms. The Morgan fingerprint density at radius 2 is 1.33 bits per heavy atom. The number of hydrogen-bond acceptors (Lipinski definition) is 1. The van der Waals surface area contributed by atoms with Crippen LogP contribution in [-0.4, -0.2) is 5.91 Å². The fourth-order valence-corrected chi connectivity index (χ4v) is 3.97. The maximum absolute atomic E-state index is 13.2. The zero-order valence-corrected chi connectivity index (χ0v) is 16.8. The number of amides is 1. The maximum Gasteiger partial charge on any atom is 0.416 e. The number of halogens is 7. The Kier molecular flexibility index (Phi) is 5.67. The van der Waals surface area contributed by atoms with E-state index in [1.807, 2.05) is 0 Å². The lowest BCUT2D eigenvalue weighted by molar-refractivity contribution is -0.143. The zero-order chi connectivity index (χ0) is 24.0. The van der Waals surface area contributed by atoms with E-state index in [-0.39, 0.29) is 24.6 Å². The molecule has 0 radical (unpaired) electrons. The Hall–Kier alpha value is -3.36. The average Bonchev–Trinajstić information content (AvgIpc) is 3.00. The van der Waals surface area contributed by atoms with Gasteiger partial charge in [-0.2, -0.15) is 26.3 Å². The molecule has 9 heteroatoms. The first-order valence-corrected chi connectivity index (χ1v) is 9.86. The van der Waals surface area contributed by atoms with Gasteiger partial charge in [-0.3, -0.25) is 4.79 Å². The summed E-state index contributed by atoms with van der Waals surface area (Å²) >= 11 is 0. The maximum atomic E-state index is 13.2. The lowest BCUT2D eigenvalue weighted by atomic mass is 9.91. The second-order valence-corrected chi connectivity index (χ2v) is 7.78. The molecule has 0 aromatic heterocycles. The second-order valence-electron chi connectivity index (χ2n) is 7.78. The molecule has 1 unspecified atom stereocenters. The van der Waals surface area contributed by atoms with Crippen molar-refractivity contribution in [3.63, 3.8) is 0 Å².